The Morgan fingerprint density at radius 3 is 2.45 bits per heavy atom. The van der Waals surface area contributed by atoms with Crippen molar-refractivity contribution >= 4 is 21.6 Å². The zero-order valence-electron chi connectivity index (χ0n) is 16.3. The minimum atomic E-state index is -4.10. The van der Waals surface area contributed by atoms with Crippen LogP contribution in [-0.4, -0.2) is 26.9 Å². The van der Waals surface area contributed by atoms with Crippen LogP contribution in [0.5, 0.6) is 0 Å². The Labute approximate surface area is 171 Å². The third-order valence-corrected chi connectivity index (χ3v) is 7.88. The van der Waals surface area contributed by atoms with E-state index in [9.17, 15) is 17.6 Å². The molecule has 0 spiro atoms. The summed E-state index contributed by atoms with van der Waals surface area (Å²) < 4.78 is 41.9. The van der Waals surface area contributed by atoms with E-state index in [-0.39, 0.29) is 16.6 Å². The number of hydrogen-bond donors (Lipinski definition) is 1. The van der Waals surface area contributed by atoms with Crippen molar-refractivity contribution in [2.24, 2.45) is 11.8 Å². The van der Waals surface area contributed by atoms with Gasteiger partial charge in [0.1, 0.15) is 12.4 Å². The Kier molecular flexibility index (Phi) is 5.34. The number of aryl methyl sites for hydroxylation is 1. The number of hydrogen-bond acceptors (Lipinski definition) is 3. The maximum atomic E-state index is 14.5. The van der Waals surface area contributed by atoms with Crippen molar-refractivity contribution in [2.75, 3.05) is 10.8 Å². The number of anilines is 1. The first-order valence-electron chi connectivity index (χ1n) is 9.98. The van der Waals surface area contributed by atoms with E-state index in [1.807, 2.05) is 6.92 Å². The first kappa shape index (κ1) is 19.9. The van der Waals surface area contributed by atoms with E-state index >= 15 is 0 Å². The molecule has 2 aliphatic carbocycles. The van der Waals surface area contributed by atoms with Gasteiger partial charge in [-0.1, -0.05) is 36.2 Å². The van der Waals surface area contributed by atoms with Crippen LogP contribution in [0.4, 0.5) is 10.1 Å². The normalized spacial score (nSPS) is 23.2. The molecule has 4 rings (SSSR count). The molecule has 2 fully saturated rings. The van der Waals surface area contributed by atoms with Gasteiger partial charge < -0.3 is 5.32 Å². The van der Waals surface area contributed by atoms with E-state index in [0.29, 0.717) is 11.8 Å². The SMILES string of the molecule is Cc1ccc(S(=O)(=O)N(CC(=O)N[C@@H]2C[C@H]3CC[C@H]2C3)c2ccccc2F)cc1. The van der Waals surface area contributed by atoms with Gasteiger partial charge in [0.2, 0.25) is 5.91 Å². The van der Waals surface area contributed by atoms with Crippen molar-refractivity contribution in [3.63, 3.8) is 0 Å². The molecule has 2 saturated carbocycles. The Balaban J connectivity index is 1.61. The van der Waals surface area contributed by atoms with Gasteiger partial charge in [0.25, 0.3) is 10.0 Å². The summed E-state index contributed by atoms with van der Waals surface area (Å²) in [7, 11) is -4.10. The van der Waals surface area contributed by atoms with Crippen LogP contribution in [0.2, 0.25) is 0 Å². The van der Waals surface area contributed by atoms with E-state index in [4.69, 9.17) is 0 Å². The zero-order chi connectivity index (χ0) is 20.6. The van der Waals surface area contributed by atoms with Gasteiger partial charge in [0.15, 0.2) is 0 Å². The molecule has 29 heavy (non-hydrogen) atoms. The van der Waals surface area contributed by atoms with E-state index in [2.05, 4.69) is 5.32 Å². The Morgan fingerprint density at radius 1 is 1.10 bits per heavy atom. The average molecular weight is 417 g/mol. The fraction of sp³-hybridized carbons (Fsp3) is 0.409. The van der Waals surface area contributed by atoms with Crippen LogP contribution < -0.4 is 9.62 Å². The standard InChI is InChI=1S/C22H25FN2O3S/c1-15-6-10-18(11-7-15)29(27,28)25(21-5-3-2-4-19(21)23)14-22(26)24-20-13-16-8-9-17(20)12-16/h2-7,10-11,16-17,20H,8-9,12-14H2,1H3,(H,24,26)/t16-,17-,20+/m0/s1. The summed E-state index contributed by atoms with van der Waals surface area (Å²) in [5.74, 6) is 0.0428. The Hall–Kier alpha value is -2.41. The van der Waals surface area contributed by atoms with Gasteiger partial charge >= 0.3 is 0 Å². The predicted octanol–water partition coefficient (Wildman–Crippen LogP) is 3.63. The van der Waals surface area contributed by atoms with Crippen molar-refractivity contribution in [2.45, 2.75) is 43.5 Å². The number of carbonyl (C=O) groups excluding carboxylic acids is 1. The molecule has 0 aromatic heterocycles. The number of benzene rings is 2. The molecule has 0 radical (unpaired) electrons. The fourth-order valence-electron chi connectivity index (χ4n) is 4.60. The van der Waals surface area contributed by atoms with E-state index in [1.165, 1.54) is 36.8 Å². The van der Waals surface area contributed by atoms with Gasteiger partial charge in [-0.2, -0.15) is 0 Å². The van der Waals surface area contributed by atoms with Crippen LogP contribution in [0, 0.1) is 24.6 Å². The third kappa shape index (κ3) is 4.01. The number of halogens is 1. The molecule has 0 unspecified atom stereocenters. The molecule has 1 N–H and O–H groups in total. The number of sulfonamides is 1. The number of nitrogens with one attached hydrogen (secondary N) is 1. The smallest absolute Gasteiger partial charge is 0.264 e. The van der Waals surface area contributed by atoms with E-state index < -0.39 is 28.3 Å². The second-order valence-corrected chi connectivity index (χ2v) is 9.99. The second-order valence-electron chi connectivity index (χ2n) is 8.13. The zero-order valence-corrected chi connectivity index (χ0v) is 17.2. The van der Waals surface area contributed by atoms with Gasteiger partial charge in [-0.25, -0.2) is 12.8 Å². The van der Waals surface area contributed by atoms with Gasteiger partial charge in [-0.3, -0.25) is 9.10 Å². The quantitative estimate of drug-likeness (QED) is 0.782. The molecule has 2 aromatic rings. The number of para-hydroxylation sites is 1. The summed E-state index contributed by atoms with van der Waals surface area (Å²) >= 11 is 0. The molecule has 5 nitrogen and oxygen atoms in total. The van der Waals surface area contributed by atoms with Crippen LogP contribution in [0.1, 0.15) is 31.2 Å². The molecule has 0 heterocycles. The van der Waals surface area contributed by atoms with Gasteiger partial charge in [0, 0.05) is 6.04 Å². The maximum Gasteiger partial charge on any atom is 0.264 e. The highest BCUT2D eigenvalue weighted by Crippen LogP contribution is 2.44. The van der Waals surface area contributed by atoms with Crippen LogP contribution in [0.15, 0.2) is 53.4 Å². The second kappa shape index (κ2) is 7.78. The van der Waals surface area contributed by atoms with Gasteiger partial charge in [-0.05, 0) is 62.3 Å². The van der Waals surface area contributed by atoms with Crippen LogP contribution in [0.25, 0.3) is 0 Å². The molecule has 2 aliphatic rings. The summed E-state index contributed by atoms with van der Waals surface area (Å²) in [6.07, 6.45) is 4.39. The number of carbonyl (C=O) groups is 1. The molecular weight excluding hydrogens is 391 g/mol. The summed E-state index contributed by atoms with van der Waals surface area (Å²) in [4.78, 5) is 12.8. The highest BCUT2D eigenvalue weighted by Gasteiger charge is 2.40. The topological polar surface area (TPSA) is 66.5 Å². The maximum absolute atomic E-state index is 14.5. The highest BCUT2D eigenvalue weighted by molar-refractivity contribution is 7.92. The minimum Gasteiger partial charge on any atom is -0.352 e. The molecular formula is C22H25FN2O3S. The summed E-state index contributed by atoms with van der Waals surface area (Å²) in [5.41, 5.74) is 0.784. The Bertz CT molecular complexity index is 1010. The number of fused-ring (bicyclic) bond motifs is 2. The molecule has 1 amide bonds. The molecule has 2 aromatic carbocycles. The van der Waals surface area contributed by atoms with Crippen molar-refractivity contribution in [1.29, 1.82) is 0 Å². The summed E-state index contributed by atoms with van der Waals surface area (Å²) in [6.45, 7) is 1.40. The lowest BCUT2D eigenvalue weighted by molar-refractivity contribution is -0.120. The summed E-state index contributed by atoms with van der Waals surface area (Å²) in [5, 5.41) is 3.00. The van der Waals surface area contributed by atoms with Crippen molar-refractivity contribution in [3.8, 4) is 0 Å². The van der Waals surface area contributed by atoms with Crippen molar-refractivity contribution < 1.29 is 17.6 Å². The lowest BCUT2D eigenvalue weighted by atomic mass is 9.95. The van der Waals surface area contributed by atoms with Crippen molar-refractivity contribution in [1.82, 2.24) is 5.32 Å². The van der Waals surface area contributed by atoms with Crippen LogP contribution in [-0.2, 0) is 14.8 Å². The minimum absolute atomic E-state index is 0.0269. The largest absolute Gasteiger partial charge is 0.352 e. The van der Waals surface area contributed by atoms with E-state index in [1.54, 1.807) is 18.2 Å². The fourth-order valence-corrected chi connectivity index (χ4v) is 6.02. The molecule has 2 bridgehead atoms. The average Bonchev–Trinajstić information content (AvgIpc) is 3.30. The number of nitrogens with zero attached hydrogens (tertiary/aromatic N) is 1. The predicted molar refractivity (Wildman–Crippen MR) is 109 cm³/mol. The monoisotopic (exact) mass is 416 g/mol. The molecule has 154 valence electrons. The molecule has 3 atom stereocenters. The van der Waals surface area contributed by atoms with Crippen molar-refractivity contribution in [3.05, 3.63) is 59.9 Å². The highest BCUT2D eigenvalue weighted by atomic mass is 32.2. The van der Waals surface area contributed by atoms with Gasteiger partial charge in [-0.15, -0.1) is 0 Å². The Morgan fingerprint density at radius 2 is 1.83 bits per heavy atom. The van der Waals surface area contributed by atoms with Crippen LogP contribution in [0.3, 0.4) is 0 Å². The lowest BCUT2D eigenvalue weighted by Crippen LogP contribution is -2.46. The lowest BCUT2D eigenvalue weighted by Gasteiger charge is -2.27. The molecule has 0 saturated heterocycles. The summed E-state index contributed by atoms with van der Waals surface area (Å²) in [6, 6.07) is 12.0. The van der Waals surface area contributed by atoms with Crippen LogP contribution >= 0.6 is 0 Å². The third-order valence-electron chi connectivity index (χ3n) is 6.10. The first-order valence-corrected chi connectivity index (χ1v) is 11.4. The van der Waals surface area contributed by atoms with Gasteiger partial charge in [0.05, 0.1) is 10.6 Å². The molecule has 7 heteroatoms. The number of rotatable bonds is 6. The first-order chi connectivity index (χ1) is 13.8. The molecule has 0 aliphatic heterocycles. The van der Waals surface area contributed by atoms with E-state index in [0.717, 1.165) is 29.1 Å². The number of amides is 1.